The fourth-order valence-electron chi connectivity index (χ4n) is 3.33. The number of hydrogen-bond acceptors (Lipinski definition) is 5. The van der Waals surface area contributed by atoms with E-state index in [-0.39, 0.29) is 29.4 Å². The van der Waals surface area contributed by atoms with Crippen LogP contribution in [0.15, 0.2) is 33.1 Å². The Bertz CT molecular complexity index is 745. The lowest BCUT2D eigenvalue weighted by Crippen LogP contribution is -2.42. The van der Waals surface area contributed by atoms with E-state index in [0.717, 1.165) is 24.8 Å². The van der Waals surface area contributed by atoms with Gasteiger partial charge >= 0.3 is 0 Å². The molecule has 29 heavy (non-hydrogen) atoms. The summed E-state index contributed by atoms with van der Waals surface area (Å²) in [5.41, 5.74) is -0.0243. The minimum Gasteiger partial charge on any atom is -0.443 e. The molecular weight excluding hydrogens is 497 g/mol. The minimum absolute atomic E-state index is 0. The van der Waals surface area contributed by atoms with Gasteiger partial charge in [0.1, 0.15) is 5.76 Å². The molecule has 3 heterocycles. The highest BCUT2D eigenvalue weighted by Crippen LogP contribution is 2.22. The Morgan fingerprint density at radius 1 is 1.31 bits per heavy atom. The molecule has 0 amide bonds. The maximum absolute atomic E-state index is 5.83. The summed E-state index contributed by atoms with van der Waals surface area (Å²) >= 11 is 1.85. The highest BCUT2D eigenvalue weighted by Gasteiger charge is 2.21. The zero-order valence-electron chi connectivity index (χ0n) is 17.9. The van der Waals surface area contributed by atoms with Gasteiger partial charge in [-0.1, -0.05) is 26.8 Å². The van der Waals surface area contributed by atoms with E-state index in [1.54, 1.807) is 7.05 Å². The van der Waals surface area contributed by atoms with Crippen LogP contribution in [-0.4, -0.2) is 42.5 Å². The molecule has 0 atom stereocenters. The standard InChI is InChI=1S/C21H33N5OS.HI/c1-21(2,3)18-13-23-19(27-18)14-25-20(22-4)24-12-16-7-9-26(10-8-16)15-17-6-5-11-28-17;/h5-6,11,13,16H,7-10,12,14-15H2,1-4H3,(H2,22,24,25);1H. The zero-order chi connectivity index (χ0) is 20.0. The number of aliphatic imine (C=N–C) groups is 1. The first-order valence-corrected chi connectivity index (χ1v) is 11.0. The summed E-state index contributed by atoms with van der Waals surface area (Å²) in [5, 5.41) is 8.92. The molecule has 162 valence electrons. The zero-order valence-corrected chi connectivity index (χ0v) is 21.0. The van der Waals surface area contributed by atoms with Crippen LogP contribution < -0.4 is 10.6 Å². The van der Waals surface area contributed by atoms with E-state index in [1.165, 1.54) is 30.8 Å². The number of thiophene rings is 1. The number of oxazole rings is 1. The number of likely N-dealkylation sites (tertiary alicyclic amines) is 1. The number of hydrogen-bond donors (Lipinski definition) is 2. The van der Waals surface area contributed by atoms with Gasteiger partial charge in [0, 0.05) is 30.4 Å². The topological polar surface area (TPSA) is 65.7 Å². The van der Waals surface area contributed by atoms with Crippen molar-refractivity contribution in [1.82, 2.24) is 20.5 Å². The first-order chi connectivity index (χ1) is 13.4. The highest BCUT2D eigenvalue weighted by molar-refractivity contribution is 14.0. The summed E-state index contributed by atoms with van der Waals surface area (Å²) < 4.78 is 5.83. The van der Waals surface area contributed by atoms with Gasteiger partial charge in [-0.05, 0) is 43.3 Å². The largest absolute Gasteiger partial charge is 0.443 e. The van der Waals surface area contributed by atoms with Gasteiger partial charge in [-0.3, -0.25) is 9.89 Å². The number of halogens is 1. The molecule has 0 radical (unpaired) electrons. The Hall–Kier alpha value is -1.13. The van der Waals surface area contributed by atoms with Gasteiger partial charge in [-0.2, -0.15) is 0 Å². The molecule has 2 aromatic rings. The molecule has 0 aromatic carbocycles. The molecule has 6 nitrogen and oxygen atoms in total. The number of nitrogens with one attached hydrogen (secondary N) is 2. The Kier molecular flexibility index (Phi) is 9.42. The van der Waals surface area contributed by atoms with Crippen molar-refractivity contribution in [2.45, 2.75) is 52.1 Å². The van der Waals surface area contributed by atoms with Crippen LogP contribution in [0.1, 0.15) is 50.1 Å². The number of guanidine groups is 1. The molecule has 0 unspecified atom stereocenters. The van der Waals surface area contributed by atoms with Crippen LogP contribution in [-0.2, 0) is 18.5 Å². The lowest BCUT2D eigenvalue weighted by atomic mass is 9.94. The number of piperidine rings is 1. The summed E-state index contributed by atoms with van der Waals surface area (Å²) in [5.74, 6) is 3.08. The quantitative estimate of drug-likeness (QED) is 0.332. The Morgan fingerprint density at radius 2 is 2.07 bits per heavy atom. The summed E-state index contributed by atoms with van der Waals surface area (Å²) in [6.07, 6.45) is 4.27. The van der Waals surface area contributed by atoms with Crippen LogP contribution in [0.5, 0.6) is 0 Å². The second kappa shape index (κ2) is 11.3. The van der Waals surface area contributed by atoms with Crippen molar-refractivity contribution in [3.63, 3.8) is 0 Å². The number of rotatable bonds is 6. The van der Waals surface area contributed by atoms with Crippen LogP contribution in [0.25, 0.3) is 0 Å². The third-order valence-electron chi connectivity index (χ3n) is 5.15. The van der Waals surface area contributed by atoms with Crippen molar-refractivity contribution in [3.05, 3.63) is 40.2 Å². The van der Waals surface area contributed by atoms with Crippen LogP contribution in [0, 0.1) is 5.92 Å². The van der Waals surface area contributed by atoms with Gasteiger partial charge in [0.15, 0.2) is 5.96 Å². The van der Waals surface area contributed by atoms with Crippen molar-refractivity contribution >= 4 is 41.3 Å². The van der Waals surface area contributed by atoms with Crippen molar-refractivity contribution in [1.29, 1.82) is 0 Å². The van der Waals surface area contributed by atoms with Gasteiger partial charge in [0.25, 0.3) is 0 Å². The Morgan fingerprint density at radius 3 is 2.66 bits per heavy atom. The van der Waals surface area contributed by atoms with E-state index >= 15 is 0 Å². The first kappa shape index (κ1) is 24.1. The molecule has 1 fully saturated rings. The second-order valence-corrected chi connectivity index (χ2v) is 9.51. The first-order valence-electron chi connectivity index (χ1n) is 10.1. The van der Waals surface area contributed by atoms with Crippen molar-refractivity contribution in [2.24, 2.45) is 10.9 Å². The fraction of sp³-hybridized carbons (Fsp3) is 0.619. The summed E-state index contributed by atoms with van der Waals surface area (Å²) in [6, 6.07) is 4.36. The summed E-state index contributed by atoms with van der Waals surface area (Å²) in [4.78, 5) is 12.7. The molecule has 2 N–H and O–H groups in total. The van der Waals surface area contributed by atoms with E-state index in [2.05, 4.69) is 63.8 Å². The maximum atomic E-state index is 5.83. The molecule has 8 heteroatoms. The predicted octanol–water partition coefficient (Wildman–Crippen LogP) is 4.23. The Balaban J connectivity index is 0.00000300. The van der Waals surface area contributed by atoms with E-state index in [9.17, 15) is 0 Å². The SMILES string of the molecule is CN=C(NCc1ncc(C(C)(C)C)o1)NCC1CCN(Cc2cccs2)CC1.I. The highest BCUT2D eigenvalue weighted by atomic mass is 127. The van der Waals surface area contributed by atoms with E-state index in [0.29, 0.717) is 18.4 Å². The second-order valence-electron chi connectivity index (χ2n) is 8.47. The predicted molar refractivity (Wildman–Crippen MR) is 131 cm³/mol. The Labute approximate surface area is 195 Å². The molecule has 0 aliphatic carbocycles. The monoisotopic (exact) mass is 531 g/mol. The van der Waals surface area contributed by atoms with E-state index < -0.39 is 0 Å². The molecule has 2 aromatic heterocycles. The van der Waals surface area contributed by atoms with Gasteiger partial charge in [-0.25, -0.2) is 4.98 Å². The lowest BCUT2D eigenvalue weighted by molar-refractivity contribution is 0.179. The summed E-state index contributed by atoms with van der Waals surface area (Å²) in [7, 11) is 1.80. The van der Waals surface area contributed by atoms with Crippen LogP contribution in [0.3, 0.4) is 0 Å². The molecule has 1 aliphatic heterocycles. The van der Waals surface area contributed by atoms with Crippen molar-refractivity contribution in [3.8, 4) is 0 Å². The molecule has 0 bridgehead atoms. The summed E-state index contributed by atoms with van der Waals surface area (Å²) in [6.45, 7) is 11.3. The van der Waals surface area contributed by atoms with Gasteiger partial charge in [-0.15, -0.1) is 35.3 Å². The molecule has 1 aliphatic rings. The van der Waals surface area contributed by atoms with Gasteiger partial charge in [0.2, 0.25) is 5.89 Å². The van der Waals surface area contributed by atoms with Crippen LogP contribution >= 0.6 is 35.3 Å². The lowest BCUT2D eigenvalue weighted by Gasteiger charge is -2.32. The van der Waals surface area contributed by atoms with Gasteiger partial charge in [0.05, 0.1) is 12.7 Å². The third kappa shape index (κ3) is 7.57. The average molecular weight is 532 g/mol. The third-order valence-corrected chi connectivity index (χ3v) is 6.01. The molecule has 0 spiro atoms. The van der Waals surface area contributed by atoms with Crippen LogP contribution in [0.4, 0.5) is 0 Å². The van der Waals surface area contributed by atoms with E-state index in [1.807, 2.05) is 17.5 Å². The van der Waals surface area contributed by atoms with E-state index in [4.69, 9.17) is 4.42 Å². The maximum Gasteiger partial charge on any atom is 0.213 e. The van der Waals surface area contributed by atoms with Crippen LogP contribution in [0.2, 0.25) is 0 Å². The average Bonchev–Trinajstić information content (AvgIpc) is 3.35. The molecular formula is C21H34IN5OS. The van der Waals surface area contributed by atoms with Gasteiger partial charge < -0.3 is 15.1 Å². The van der Waals surface area contributed by atoms with Crippen molar-refractivity contribution in [2.75, 3.05) is 26.7 Å². The smallest absolute Gasteiger partial charge is 0.213 e. The fourth-order valence-corrected chi connectivity index (χ4v) is 4.08. The van der Waals surface area contributed by atoms with Crippen molar-refractivity contribution < 1.29 is 4.42 Å². The number of nitrogens with zero attached hydrogens (tertiary/aromatic N) is 3. The minimum atomic E-state index is -0.0243. The molecule has 1 saturated heterocycles. The normalized spacial score (nSPS) is 16.5. The molecule has 3 rings (SSSR count). The molecule has 0 saturated carbocycles. The number of aromatic nitrogens is 1.